The molecule has 8 heteroatoms. The van der Waals surface area contributed by atoms with Gasteiger partial charge in [-0.1, -0.05) is 33.6 Å². The Morgan fingerprint density at radius 3 is 2.75 bits per heavy atom. The maximum atomic E-state index is 12.6. The van der Waals surface area contributed by atoms with Crippen molar-refractivity contribution in [3.05, 3.63) is 55.9 Å². The van der Waals surface area contributed by atoms with Crippen LogP contribution in [0.3, 0.4) is 0 Å². The van der Waals surface area contributed by atoms with Crippen molar-refractivity contribution in [3.63, 3.8) is 0 Å². The van der Waals surface area contributed by atoms with Gasteiger partial charge in [-0.15, -0.1) is 0 Å². The average Bonchev–Trinajstić information content (AvgIpc) is 2.67. The highest BCUT2D eigenvalue weighted by atomic mass is 79.9. The van der Waals surface area contributed by atoms with E-state index in [1.165, 1.54) is 6.08 Å². The molecule has 2 aromatic rings. The first-order chi connectivity index (χ1) is 13.5. The number of hydrogen-bond donors (Lipinski definition) is 1. The van der Waals surface area contributed by atoms with E-state index in [1.54, 1.807) is 13.2 Å². The van der Waals surface area contributed by atoms with Crippen LogP contribution in [0.15, 0.2) is 45.4 Å². The van der Waals surface area contributed by atoms with E-state index >= 15 is 0 Å². The van der Waals surface area contributed by atoms with Gasteiger partial charge in [-0.2, -0.15) is 0 Å². The van der Waals surface area contributed by atoms with Crippen LogP contribution in [0, 0.1) is 0 Å². The van der Waals surface area contributed by atoms with E-state index in [0.29, 0.717) is 29.7 Å². The van der Waals surface area contributed by atoms with Crippen LogP contribution >= 0.6 is 43.5 Å². The van der Waals surface area contributed by atoms with Crippen LogP contribution in [0.25, 0.3) is 6.08 Å². The first-order valence-electron chi connectivity index (χ1n) is 8.63. The Hall–Kier alpha value is -1.54. The van der Waals surface area contributed by atoms with Gasteiger partial charge >= 0.3 is 0 Å². The molecule has 0 bridgehead atoms. The van der Waals surface area contributed by atoms with Gasteiger partial charge in [0, 0.05) is 29.2 Å². The molecule has 1 fully saturated rings. The number of morpholine rings is 1. The number of halogens is 3. The highest BCUT2D eigenvalue weighted by Gasteiger charge is 2.18. The summed E-state index contributed by atoms with van der Waals surface area (Å²) in [7, 11) is 1.59. The van der Waals surface area contributed by atoms with Crippen molar-refractivity contribution in [1.82, 2.24) is 0 Å². The molecule has 2 aromatic carbocycles. The van der Waals surface area contributed by atoms with Gasteiger partial charge in [-0.3, -0.25) is 4.79 Å². The SMILES string of the molecule is COc1c(Br)cc(Br)cc1C=CC(=O)Nc1cccc(Cl)c1N1CCOCC1. The lowest BCUT2D eigenvalue weighted by Crippen LogP contribution is -2.37. The second kappa shape index (κ2) is 9.78. The number of rotatable bonds is 5. The molecule has 1 saturated heterocycles. The number of nitrogens with one attached hydrogen (secondary N) is 1. The lowest BCUT2D eigenvalue weighted by molar-refractivity contribution is -0.111. The minimum atomic E-state index is -0.255. The van der Waals surface area contributed by atoms with Gasteiger partial charge < -0.3 is 19.7 Å². The van der Waals surface area contributed by atoms with Gasteiger partial charge in [-0.05, 0) is 46.3 Å². The molecule has 1 aliphatic rings. The Morgan fingerprint density at radius 1 is 1.29 bits per heavy atom. The summed E-state index contributed by atoms with van der Waals surface area (Å²) >= 11 is 13.3. The van der Waals surface area contributed by atoms with Crippen LogP contribution in [-0.2, 0) is 9.53 Å². The van der Waals surface area contributed by atoms with Crippen molar-refractivity contribution in [3.8, 4) is 5.75 Å². The van der Waals surface area contributed by atoms with Crippen LogP contribution in [-0.4, -0.2) is 39.3 Å². The second-order valence-electron chi connectivity index (χ2n) is 6.07. The van der Waals surface area contributed by atoms with Crippen molar-refractivity contribution in [1.29, 1.82) is 0 Å². The van der Waals surface area contributed by atoms with Crippen LogP contribution in [0.1, 0.15) is 5.56 Å². The second-order valence-corrected chi connectivity index (χ2v) is 8.25. The van der Waals surface area contributed by atoms with Gasteiger partial charge in [0.05, 0.1) is 41.2 Å². The fraction of sp³-hybridized carbons (Fsp3) is 0.250. The van der Waals surface area contributed by atoms with Crippen molar-refractivity contribution >= 4 is 66.8 Å². The van der Waals surface area contributed by atoms with Crippen LogP contribution in [0.4, 0.5) is 11.4 Å². The summed E-state index contributed by atoms with van der Waals surface area (Å²) in [5.41, 5.74) is 2.27. The van der Waals surface area contributed by atoms with Gasteiger partial charge in [0.2, 0.25) is 5.91 Å². The van der Waals surface area contributed by atoms with Crippen molar-refractivity contribution in [2.45, 2.75) is 0 Å². The lowest BCUT2D eigenvalue weighted by atomic mass is 10.2. The van der Waals surface area contributed by atoms with Crippen LogP contribution in [0.2, 0.25) is 5.02 Å². The minimum absolute atomic E-state index is 0.255. The van der Waals surface area contributed by atoms with E-state index in [1.807, 2.05) is 30.3 Å². The predicted octanol–water partition coefficient (Wildman–Crippen LogP) is 5.36. The van der Waals surface area contributed by atoms with Gasteiger partial charge in [-0.25, -0.2) is 0 Å². The molecule has 0 aliphatic carbocycles. The highest BCUT2D eigenvalue weighted by molar-refractivity contribution is 9.11. The Kier molecular flexibility index (Phi) is 7.40. The molecule has 148 valence electrons. The van der Waals surface area contributed by atoms with Crippen LogP contribution < -0.4 is 15.0 Å². The zero-order valence-corrected chi connectivity index (χ0v) is 19.1. The summed E-state index contributed by atoms with van der Waals surface area (Å²) < 4.78 is 12.5. The average molecular weight is 531 g/mol. The zero-order valence-electron chi connectivity index (χ0n) is 15.2. The summed E-state index contributed by atoms with van der Waals surface area (Å²) in [6.07, 6.45) is 3.18. The number of methoxy groups -OCH3 is 1. The van der Waals surface area contributed by atoms with Crippen LogP contribution in [0.5, 0.6) is 5.75 Å². The van der Waals surface area contributed by atoms with Gasteiger partial charge in [0.25, 0.3) is 0 Å². The number of para-hydroxylation sites is 1. The Morgan fingerprint density at radius 2 is 2.04 bits per heavy atom. The Labute approximate surface area is 185 Å². The van der Waals surface area contributed by atoms with Gasteiger partial charge in [0.15, 0.2) is 0 Å². The fourth-order valence-corrected chi connectivity index (χ4v) is 4.70. The first kappa shape index (κ1) is 21.2. The third-order valence-electron chi connectivity index (χ3n) is 4.23. The summed E-state index contributed by atoms with van der Waals surface area (Å²) in [6.45, 7) is 2.73. The maximum absolute atomic E-state index is 12.6. The van der Waals surface area contributed by atoms with E-state index in [-0.39, 0.29) is 5.91 Å². The molecule has 1 heterocycles. The van der Waals surface area contributed by atoms with E-state index in [4.69, 9.17) is 21.1 Å². The smallest absolute Gasteiger partial charge is 0.248 e. The molecule has 0 atom stereocenters. The van der Waals surface area contributed by atoms with E-state index in [0.717, 1.165) is 33.3 Å². The number of nitrogens with zero attached hydrogens (tertiary/aromatic N) is 1. The number of benzene rings is 2. The number of ether oxygens (including phenoxy) is 2. The topological polar surface area (TPSA) is 50.8 Å². The summed E-state index contributed by atoms with van der Waals surface area (Å²) in [6, 6.07) is 9.25. The van der Waals surface area contributed by atoms with Gasteiger partial charge in [0.1, 0.15) is 5.75 Å². The molecule has 1 amide bonds. The number of carbonyl (C=O) groups is 1. The molecule has 1 aliphatic heterocycles. The van der Waals surface area contributed by atoms with Crippen molar-refractivity contribution < 1.29 is 14.3 Å². The Bertz CT molecular complexity index is 899. The molecule has 0 aromatic heterocycles. The summed E-state index contributed by atoms with van der Waals surface area (Å²) in [5.74, 6) is 0.402. The number of carbonyl (C=O) groups excluding carboxylic acids is 1. The monoisotopic (exact) mass is 528 g/mol. The standard InChI is InChI=1S/C20H19Br2ClN2O3/c1-27-20-13(11-14(21)12-15(20)22)5-6-18(26)24-17-4-2-3-16(23)19(17)25-7-9-28-10-8-25/h2-6,11-12H,7-10H2,1H3,(H,24,26). The fourth-order valence-electron chi connectivity index (χ4n) is 2.98. The van der Waals surface area contributed by atoms with Crippen molar-refractivity contribution in [2.75, 3.05) is 43.6 Å². The van der Waals surface area contributed by atoms with Crippen molar-refractivity contribution in [2.24, 2.45) is 0 Å². The Balaban J connectivity index is 1.81. The minimum Gasteiger partial charge on any atom is -0.495 e. The maximum Gasteiger partial charge on any atom is 0.248 e. The molecule has 1 N–H and O–H groups in total. The lowest BCUT2D eigenvalue weighted by Gasteiger charge is -2.31. The molecule has 0 saturated carbocycles. The molecule has 0 spiro atoms. The molecule has 28 heavy (non-hydrogen) atoms. The predicted molar refractivity (Wildman–Crippen MR) is 121 cm³/mol. The number of amides is 1. The van der Waals surface area contributed by atoms with E-state index in [2.05, 4.69) is 42.1 Å². The highest BCUT2D eigenvalue weighted by Crippen LogP contribution is 2.35. The van der Waals surface area contributed by atoms with E-state index < -0.39 is 0 Å². The largest absolute Gasteiger partial charge is 0.495 e. The summed E-state index contributed by atoms with van der Waals surface area (Å²) in [4.78, 5) is 14.7. The summed E-state index contributed by atoms with van der Waals surface area (Å²) in [5, 5.41) is 3.53. The molecular formula is C20H19Br2ClN2O3. The zero-order chi connectivity index (χ0) is 20.1. The molecule has 3 rings (SSSR count). The molecular weight excluding hydrogens is 511 g/mol. The third kappa shape index (κ3) is 5.08. The first-order valence-corrected chi connectivity index (χ1v) is 10.6. The normalized spacial score (nSPS) is 14.4. The molecule has 0 unspecified atom stereocenters. The molecule has 5 nitrogen and oxygen atoms in total. The quantitative estimate of drug-likeness (QED) is 0.529. The van der Waals surface area contributed by atoms with E-state index in [9.17, 15) is 4.79 Å². The molecule has 0 radical (unpaired) electrons. The number of anilines is 2. The third-order valence-corrected chi connectivity index (χ3v) is 5.58. The number of hydrogen-bond acceptors (Lipinski definition) is 4.